The standard InChI is InChI=1S/C33H40F3N7O3/c1-5-32(44)40-25-18-26(29(45-4)19-28(25)42-14-11-24(12-15-42)41(6-2)7-3)39-30-20-31(38-21-37-30)43-27(13-16-46-43)22-9-8-10-23(17-22)33(34,35)36/h5,8-10,17-21,24,27H,1,6-7,11-16H2,2-4H3,(H,40,44)(H,37,38,39). The van der Waals surface area contributed by atoms with Gasteiger partial charge in [-0.05, 0) is 55.8 Å². The Morgan fingerprint density at radius 2 is 1.87 bits per heavy atom. The first kappa shape index (κ1) is 33.0. The molecule has 2 N–H and O–H groups in total. The quantitative estimate of drug-likeness (QED) is 0.226. The van der Waals surface area contributed by atoms with Crippen molar-refractivity contribution in [3.63, 3.8) is 0 Å². The molecule has 2 aliphatic rings. The molecule has 10 nitrogen and oxygen atoms in total. The molecule has 5 rings (SSSR count). The summed E-state index contributed by atoms with van der Waals surface area (Å²) in [5.41, 5.74) is 1.74. The number of carbonyl (C=O) groups excluding carboxylic acids is 1. The molecule has 3 heterocycles. The van der Waals surface area contributed by atoms with Gasteiger partial charge in [0, 0.05) is 37.7 Å². The minimum atomic E-state index is -4.45. The number of hydroxylamine groups is 1. The zero-order valence-corrected chi connectivity index (χ0v) is 26.3. The molecular weight excluding hydrogens is 599 g/mol. The van der Waals surface area contributed by atoms with Gasteiger partial charge in [-0.3, -0.25) is 9.63 Å². The van der Waals surface area contributed by atoms with Crippen molar-refractivity contribution in [1.29, 1.82) is 0 Å². The number of alkyl halides is 3. The fraction of sp³-hybridized carbons (Fsp3) is 0.424. The SMILES string of the molecule is C=CC(=O)Nc1cc(Nc2cc(N3OCCC3c3cccc(C(F)(F)F)c3)ncn2)c(OC)cc1N1CCC(N(CC)CC)CC1. The number of benzene rings is 2. The van der Waals surface area contributed by atoms with Gasteiger partial charge in [0.05, 0.1) is 42.4 Å². The van der Waals surface area contributed by atoms with Gasteiger partial charge in [-0.15, -0.1) is 0 Å². The molecule has 46 heavy (non-hydrogen) atoms. The first-order chi connectivity index (χ1) is 22.1. The summed E-state index contributed by atoms with van der Waals surface area (Å²) in [4.78, 5) is 31.7. The average molecular weight is 640 g/mol. The number of nitrogens with zero attached hydrogens (tertiary/aromatic N) is 5. The molecule has 2 aromatic carbocycles. The van der Waals surface area contributed by atoms with Crippen LogP contribution in [0.25, 0.3) is 0 Å². The van der Waals surface area contributed by atoms with Gasteiger partial charge in [0.2, 0.25) is 5.91 Å². The zero-order valence-electron chi connectivity index (χ0n) is 26.3. The number of hydrogen-bond donors (Lipinski definition) is 2. The minimum Gasteiger partial charge on any atom is -0.494 e. The third-order valence-corrected chi connectivity index (χ3v) is 8.54. The molecule has 0 aliphatic carbocycles. The average Bonchev–Trinajstić information content (AvgIpc) is 3.56. The van der Waals surface area contributed by atoms with E-state index in [1.807, 2.05) is 6.07 Å². The molecule has 1 unspecified atom stereocenters. The lowest BCUT2D eigenvalue weighted by atomic mass is 10.0. The Labute approximate surface area is 267 Å². The lowest BCUT2D eigenvalue weighted by Gasteiger charge is -2.39. The van der Waals surface area contributed by atoms with Gasteiger partial charge < -0.3 is 25.2 Å². The highest BCUT2D eigenvalue weighted by Crippen LogP contribution is 2.41. The molecule has 1 atom stereocenters. The van der Waals surface area contributed by atoms with E-state index >= 15 is 0 Å². The number of halogens is 3. The molecule has 0 bridgehead atoms. The fourth-order valence-electron chi connectivity index (χ4n) is 6.19. The van der Waals surface area contributed by atoms with Crippen LogP contribution < -0.4 is 25.3 Å². The molecule has 0 spiro atoms. The molecule has 3 aromatic rings. The normalized spacial score (nSPS) is 17.3. The lowest BCUT2D eigenvalue weighted by molar-refractivity contribution is -0.137. The summed E-state index contributed by atoms with van der Waals surface area (Å²) in [6.45, 7) is 12.0. The molecular formula is C33H40F3N7O3. The highest BCUT2D eigenvalue weighted by atomic mass is 19.4. The molecule has 1 amide bonds. The number of ether oxygens (including phenoxy) is 1. The highest BCUT2D eigenvalue weighted by molar-refractivity contribution is 6.02. The Kier molecular flexibility index (Phi) is 10.3. The summed E-state index contributed by atoms with van der Waals surface area (Å²) in [5, 5.41) is 7.72. The third-order valence-electron chi connectivity index (χ3n) is 8.54. The van der Waals surface area contributed by atoms with E-state index in [0.29, 0.717) is 53.4 Å². The van der Waals surface area contributed by atoms with Crippen molar-refractivity contribution in [3.8, 4) is 5.75 Å². The molecule has 1 aromatic heterocycles. The van der Waals surface area contributed by atoms with Crippen molar-refractivity contribution in [2.24, 2.45) is 0 Å². The Balaban J connectivity index is 1.40. The van der Waals surface area contributed by atoms with Crippen molar-refractivity contribution in [1.82, 2.24) is 14.9 Å². The highest BCUT2D eigenvalue weighted by Gasteiger charge is 2.34. The number of anilines is 5. The Morgan fingerprint density at radius 3 is 2.54 bits per heavy atom. The van der Waals surface area contributed by atoms with Gasteiger partial charge in [0.15, 0.2) is 5.82 Å². The molecule has 246 valence electrons. The predicted molar refractivity (Wildman–Crippen MR) is 173 cm³/mol. The molecule has 2 fully saturated rings. The van der Waals surface area contributed by atoms with Crippen LogP contribution in [-0.2, 0) is 15.8 Å². The maximum absolute atomic E-state index is 13.4. The fourth-order valence-corrected chi connectivity index (χ4v) is 6.19. The van der Waals surface area contributed by atoms with Crippen LogP contribution in [0.3, 0.4) is 0 Å². The first-order valence-corrected chi connectivity index (χ1v) is 15.5. The number of aromatic nitrogens is 2. The van der Waals surface area contributed by atoms with Crippen molar-refractivity contribution in [3.05, 3.63) is 72.6 Å². The lowest BCUT2D eigenvalue weighted by Crippen LogP contribution is -2.45. The van der Waals surface area contributed by atoms with E-state index in [9.17, 15) is 18.0 Å². The van der Waals surface area contributed by atoms with E-state index in [1.54, 1.807) is 25.3 Å². The van der Waals surface area contributed by atoms with Gasteiger partial charge in [-0.1, -0.05) is 32.6 Å². The largest absolute Gasteiger partial charge is 0.494 e. The number of nitrogens with one attached hydrogen (secondary N) is 2. The van der Waals surface area contributed by atoms with Gasteiger partial charge in [0.25, 0.3) is 0 Å². The van der Waals surface area contributed by atoms with Gasteiger partial charge >= 0.3 is 6.18 Å². The van der Waals surface area contributed by atoms with E-state index in [2.05, 4.69) is 50.8 Å². The summed E-state index contributed by atoms with van der Waals surface area (Å²) < 4.78 is 46.0. The van der Waals surface area contributed by atoms with Crippen LogP contribution in [0.4, 0.5) is 41.9 Å². The monoisotopic (exact) mass is 639 g/mol. The maximum atomic E-state index is 13.4. The van der Waals surface area contributed by atoms with Crippen molar-refractivity contribution < 1.29 is 27.5 Å². The topological polar surface area (TPSA) is 95.1 Å². The summed E-state index contributed by atoms with van der Waals surface area (Å²) in [5.74, 6) is 0.975. The van der Waals surface area contributed by atoms with E-state index in [1.165, 1.54) is 23.5 Å². The zero-order chi connectivity index (χ0) is 32.8. The molecule has 0 saturated carbocycles. The van der Waals surface area contributed by atoms with Crippen molar-refractivity contribution >= 4 is 34.6 Å². The number of carbonyl (C=O) groups is 1. The second-order valence-corrected chi connectivity index (χ2v) is 11.2. The molecule has 2 saturated heterocycles. The number of methoxy groups -OCH3 is 1. The van der Waals surface area contributed by atoms with E-state index in [0.717, 1.165) is 56.8 Å². The van der Waals surface area contributed by atoms with E-state index < -0.39 is 17.8 Å². The van der Waals surface area contributed by atoms with Crippen LogP contribution in [0, 0.1) is 0 Å². The van der Waals surface area contributed by atoms with Crippen LogP contribution in [0.5, 0.6) is 5.75 Å². The second-order valence-electron chi connectivity index (χ2n) is 11.2. The molecule has 2 aliphatic heterocycles. The number of piperidine rings is 1. The summed E-state index contributed by atoms with van der Waals surface area (Å²) in [6.07, 6.45) is 0.616. The van der Waals surface area contributed by atoms with Crippen molar-refractivity contribution in [2.45, 2.75) is 51.4 Å². The number of amides is 1. The maximum Gasteiger partial charge on any atom is 0.416 e. The Hall–Kier alpha value is -4.36. The molecule has 0 radical (unpaired) electrons. The molecule has 13 heteroatoms. The summed E-state index contributed by atoms with van der Waals surface area (Å²) in [7, 11) is 1.57. The smallest absolute Gasteiger partial charge is 0.416 e. The third kappa shape index (κ3) is 7.37. The van der Waals surface area contributed by atoms with E-state index in [4.69, 9.17) is 9.57 Å². The van der Waals surface area contributed by atoms with Crippen LogP contribution in [-0.4, -0.2) is 66.7 Å². The first-order valence-electron chi connectivity index (χ1n) is 15.5. The van der Waals surface area contributed by atoms with E-state index in [-0.39, 0.29) is 5.91 Å². The van der Waals surface area contributed by atoms with Gasteiger partial charge in [-0.25, -0.2) is 15.0 Å². The number of rotatable bonds is 11. The second kappa shape index (κ2) is 14.4. The Bertz CT molecular complexity index is 1520. The summed E-state index contributed by atoms with van der Waals surface area (Å²) in [6, 6.07) is 10.6. The predicted octanol–water partition coefficient (Wildman–Crippen LogP) is 6.57. The summed E-state index contributed by atoms with van der Waals surface area (Å²) >= 11 is 0. The van der Waals surface area contributed by atoms with Gasteiger partial charge in [0.1, 0.15) is 17.9 Å². The van der Waals surface area contributed by atoms with Crippen LogP contribution in [0.1, 0.15) is 50.3 Å². The number of hydrogen-bond acceptors (Lipinski definition) is 9. The van der Waals surface area contributed by atoms with Gasteiger partial charge in [-0.2, -0.15) is 13.2 Å². The Morgan fingerprint density at radius 1 is 1.11 bits per heavy atom. The minimum absolute atomic E-state index is 0.321. The van der Waals surface area contributed by atoms with Crippen LogP contribution in [0.2, 0.25) is 0 Å². The van der Waals surface area contributed by atoms with Crippen molar-refractivity contribution in [2.75, 3.05) is 60.5 Å². The van der Waals surface area contributed by atoms with Crippen LogP contribution >= 0.6 is 0 Å². The van der Waals surface area contributed by atoms with Crippen LogP contribution in [0.15, 0.2) is 61.4 Å².